The monoisotopic (exact) mass is 504 g/mol. The number of carbonyl (C=O) groups excluding carboxylic acids is 3. The summed E-state index contributed by atoms with van der Waals surface area (Å²) in [5.74, 6) is -0.741. The SMILES string of the molecule is CC(CF)C(=O)NC(Cc1ccc(NC(=O)CC(C2CC2)C2CC2)c(F)c1)C(=O)N1CCN(C)CC1. The largest absolute Gasteiger partial charge is 0.344 e. The van der Waals surface area contributed by atoms with Crippen molar-refractivity contribution in [2.75, 3.05) is 45.2 Å². The van der Waals surface area contributed by atoms with Crippen LogP contribution in [0.2, 0.25) is 0 Å². The molecule has 0 radical (unpaired) electrons. The summed E-state index contributed by atoms with van der Waals surface area (Å²) in [6.07, 6.45) is 5.25. The Morgan fingerprint density at radius 1 is 1.06 bits per heavy atom. The Kier molecular flexibility index (Phi) is 8.59. The van der Waals surface area contributed by atoms with Crippen LogP contribution < -0.4 is 10.6 Å². The number of alkyl halides is 1. The Labute approximate surface area is 212 Å². The van der Waals surface area contributed by atoms with Gasteiger partial charge < -0.3 is 20.4 Å². The van der Waals surface area contributed by atoms with Crippen LogP contribution in [0.5, 0.6) is 0 Å². The third-order valence-corrected chi connectivity index (χ3v) is 7.73. The number of hydrogen-bond donors (Lipinski definition) is 2. The fourth-order valence-corrected chi connectivity index (χ4v) is 5.04. The summed E-state index contributed by atoms with van der Waals surface area (Å²) in [4.78, 5) is 42.0. The molecule has 2 N–H and O–H groups in total. The standard InChI is InChI=1S/C27H38F2N4O3/c1-17(16-28)26(35)31-24(27(36)33-11-9-32(2)10-12-33)14-18-3-8-23(22(29)13-18)30-25(34)15-21(19-4-5-19)20-6-7-20/h3,8,13,17,19-21,24H,4-7,9-12,14-16H2,1-2H3,(H,30,34)(H,31,35). The van der Waals surface area contributed by atoms with Crippen molar-refractivity contribution in [1.29, 1.82) is 0 Å². The zero-order valence-electron chi connectivity index (χ0n) is 21.3. The van der Waals surface area contributed by atoms with Gasteiger partial charge in [-0.3, -0.25) is 18.8 Å². The lowest BCUT2D eigenvalue weighted by Crippen LogP contribution is -2.55. The van der Waals surface area contributed by atoms with Gasteiger partial charge in [-0.25, -0.2) is 4.39 Å². The van der Waals surface area contributed by atoms with Gasteiger partial charge in [0, 0.05) is 39.0 Å². The highest BCUT2D eigenvalue weighted by Gasteiger charge is 2.42. The summed E-state index contributed by atoms with van der Waals surface area (Å²) in [5.41, 5.74) is 0.631. The van der Waals surface area contributed by atoms with E-state index in [0.717, 1.165) is 13.1 Å². The van der Waals surface area contributed by atoms with E-state index in [1.54, 1.807) is 11.0 Å². The van der Waals surface area contributed by atoms with Crippen molar-refractivity contribution < 1.29 is 23.2 Å². The first-order chi connectivity index (χ1) is 17.2. The fraction of sp³-hybridized carbons (Fsp3) is 0.667. The highest BCUT2D eigenvalue weighted by molar-refractivity contribution is 5.91. The number of anilines is 1. The van der Waals surface area contributed by atoms with Gasteiger partial charge in [0.25, 0.3) is 0 Å². The Hall–Kier alpha value is -2.55. The molecule has 0 bridgehead atoms. The number of amides is 3. The number of hydrogen-bond acceptors (Lipinski definition) is 4. The van der Waals surface area contributed by atoms with Crippen molar-refractivity contribution in [3.05, 3.63) is 29.6 Å². The lowest BCUT2D eigenvalue weighted by atomic mass is 9.94. The molecule has 2 unspecified atom stereocenters. The summed E-state index contributed by atoms with van der Waals surface area (Å²) in [6, 6.07) is 3.54. The average Bonchev–Trinajstić information content (AvgIpc) is 3.77. The molecule has 3 fully saturated rings. The molecule has 2 atom stereocenters. The van der Waals surface area contributed by atoms with Crippen LogP contribution in [0.4, 0.5) is 14.5 Å². The molecule has 2 aliphatic carbocycles. The molecule has 4 rings (SSSR count). The van der Waals surface area contributed by atoms with E-state index in [-0.39, 0.29) is 23.9 Å². The Morgan fingerprint density at radius 2 is 1.69 bits per heavy atom. The maximum atomic E-state index is 14.9. The summed E-state index contributed by atoms with van der Waals surface area (Å²) < 4.78 is 28.0. The quantitative estimate of drug-likeness (QED) is 0.486. The second-order valence-corrected chi connectivity index (χ2v) is 10.9. The van der Waals surface area contributed by atoms with E-state index in [2.05, 4.69) is 15.5 Å². The minimum atomic E-state index is -0.924. The molecule has 1 heterocycles. The van der Waals surface area contributed by atoms with Crippen molar-refractivity contribution in [2.24, 2.45) is 23.7 Å². The average molecular weight is 505 g/mol. The summed E-state index contributed by atoms with van der Waals surface area (Å²) in [6.45, 7) is 3.13. The minimum Gasteiger partial charge on any atom is -0.344 e. The van der Waals surface area contributed by atoms with Gasteiger partial charge in [0.2, 0.25) is 17.7 Å². The molecule has 1 aromatic carbocycles. The summed E-state index contributed by atoms with van der Waals surface area (Å²) in [7, 11) is 1.98. The van der Waals surface area contributed by atoms with Crippen molar-refractivity contribution in [3.8, 4) is 0 Å². The molecule has 198 valence electrons. The smallest absolute Gasteiger partial charge is 0.245 e. The van der Waals surface area contributed by atoms with Gasteiger partial charge in [-0.15, -0.1) is 0 Å². The number of nitrogens with one attached hydrogen (secondary N) is 2. The Bertz CT molecular complexity index is 946. The van der Waals surface area contributed by atoms with Gasteiger partial charge >= 0.3 is 0 Å². The van der Waals surface area contributed by atoms with Crippen LogP contribution in [0.15, 0.2) is 18.2 Å². The lowest BCUT2D eigenvalue weighted by molar-refractivity contribution is -0.138. The van der Waals surface area contributed by atoms with Crippen molar-refractivity contribution >= 4 is 23.4 Å². The zero-order valence-corrected chi connectivity index (χ0v) is 21.3. The molecular weight excluding hydrogens is 466 g/mol. The van der Waals surface area contributed by atoms with Crippen LogP contribution in [0, 0.1) is 29.5 Å². The third-order valence-electron chi connectivity index (χ3n) is 7.73. The number of nitrogens with zero attached hydrogens (tertiary/aromatic N) is 2. The molecule has 9 heteroatoms. The molecule has 1 saturated heterocycles. The van der Waals surface area contributed by atoms with E-state index in [1.165, 1.54) is 44.7 Å². The molecular formula is C27H38F2N4O3. The second-order valence-electron chi connectivity index (χ2n) is 10.9. The maximum Gasteiger partial charge on any atom is 0.245 e. The molecule has 1 aromatic rings. The van der Waals surface area contributed by atoms with Crippen molar-refractivity contribution in [1.82, 2.24) is 15.1 Å². The normalized spacial score (nSPS) is 20.2. The fourth-order valence-electron chi connectivity index (χ4n) is 5.04. The molecule has 3 aliphatic rings. The number of rotatable bonds is 11. The van der Waals surface area contributed by atoms with Crippen LogP contribution in [-0.2, 0) is 20.8 Å². The molecule has 2 saturated carbocycles. The number of benzene rings is 1. The van der Waals surface area contributed by atoms with E-state index in [1.807, 2.05) is 7.05 Å². The number of likely N-dealkylation sites (N-methyl/N-ethyl adjacent to an activating group) is 1. The lowest BCUT2D eigenvalue weighted by Gasteiger charge is -2.35. The molecule has 3 amide bonds. The number of halogens is 2. The van der Waals surface area contributed by atoms with Gasteiger partial charge in [-0.2, -0.15) is 0 Å². The predicted molar refractivity (Wildman–Crippen MR) is 133 cm³/mol. The highest BCUT2D eigenvalue weighted by atomic mass is 19.1. The molecule has 36 heavy (non-hydrogen) atoms. The van der Waals surface area contributed by atoms with Crippen LogP contribution in [-0.4, -0.2) is 73.5 Å². The third kappa shape index (κ3) is 7.02. The van der Waals surface area contributed by atoms with Gasteiger partial charge in [0.15, 0.2) is 0 Å². The van der Waals surface area contributed by atoms with E-state index in [9.17, 15) is 23.2 Å². The van der Waals surface area contributed by atoms with Crippen LogP contribution in [0.3, 0.4) is 0 Å². The van der Waals surface area contributed by atoms with Gasteiger partial charge in [-0.05, 0) is 68.2 Å². The second kappa shape index (κ2) is 11.7. The maximum absolute atomic E-state index is 14.9. The first-order valence-corrected chi connectivity index (χ1v) is 13.2. The van der Waals surface area contributed by atoms with Crippen LogP contribution >= 0.6 is 0 Å². The van der Waals surface area contributed by atoms with E-state index in [0.29, 0.717) is 42.8 Å². The Balaban J connectivity index is 1.40. The number of piperazine rings is 1. The van der Waals surface area contributed by atoms with Crippen molar-refractivity contribution in [3.63, 3.8) is 0 Å². The zero-order chi connectivity index (χ0) is 25.8. The summed E-state index contributed by atoms with van der Waals surface area (Å²) in [5, 5.41) is 5.38. The topological polar surface area (TPSA) is 81.8 Å². The van der Waals surface area contributed by atoms with E-state index >= 15 is 0 Å². The molecule has 0 aromatic heterocycles. The minimum absolute atomic E-state index is 0.0759. The van der Waals surface area contributed by atoms with Crippen molar-refractivity contribution in [2.45, 2.75) is 51.5 Å². The van der Waals surface area contributed by atoms with Gasteiger partial charge in [0.05, 0.1) is 11.6 Å². The molecule has 7 nitrogen and oxygen atoms in total. The van der Waals surface area contributed by atoms with Crippen LogP contribution in [0.1, 0.15) is 44.6 Å². The first-order valence-electron chi connectivity index (χ1n) is 13.2. The van der Waals surface area contributed by atoms with E-state index in [4.69, 9.17) is 0 Å². The predicted octanol–water partition coefficient (Wildman–Crippen LogP) is 3.00. The van der Waals surface area contributed by atoms with Gasteiger partial charge in [0.1, 0.15) is 18.5 Å². The van der Waals surface area contributed by atoms with Crippen LogP contribution in [0.25, 0.3) is 0 Å². The summed E-state index contributed by atoms with van der Waals surface area (Å²) >= 11 is 0. The Morgan fingerprint density at radius 3 is 2.25 bits per heavy atom. The first kappa shape index (κ1) is 26.5. The molecule has 0 spiro atoms. The van der Waals surface area contributed by atoms with Gasteiger partial charge in [-0.1, -0.05) is 13.0 Å². The molecule has 1 aliphatic heterocycles. The van der Waals surface area contributed by atoms with E-state index < -0.39 is 30.4 Å². The highest BCUT2D eigenvalue weighted by Crippen LogP contribution is 2.50. The number of carbonyl (C=O) groups is 3.